The fourth-order valence-electron chi connectivity index (χ4n) is 2.32. The van der Waals surface area contributed by atoms with Crippen molar-refractivity contribution in [3.8, 4) is 11.4 Å². The van der Waals surface area contributed by atoms with Crippen LogP contribution in [0.4, 0.5) is 0 Å². The standard InChI is InChI=1S/C17H18N4OS/c1-2-21-16(14-8-10-18-11-9-14)19-20-17(21)23-12-15(22)13-6-4-3-5-7-13/h3-11,15,22H,2,12H2,1H3. The summed E-state index contributed by atoms with van der Waals surface area (Å²) in [7, 11) is 0. The Bertz CT molecular complexity index is 746. The molecule has 5 nitrogen and oxygen atoms in total. The van der Waals surface area contributed by atoms with Gasteiger partial charge in [0, 0.05) is 30.3 Å². The third kappa shape index (κ3) is 3.60. The molecule has 0 saturated heterocycles. The highest BCUT2D eigenvalue weighted by Crippen LogP contribution is 2.27. The summed E-state index contributed by atoms with van der Waals surface area (Å²) in [5.74, 6) is 1.37. The van der Waals surface area contributed by atoms with Crippen molar-refractivity contribution in [3.05, 3.63) is 60.4 Å². The summed E-state index contributed by atoms with van der Waals surface area (Å²) in [4.78, 5) is 4.03. The van der Waals surface area contributed by atoms with Crippen LogP contribution in [0.25, 0.3) is 11.4 Å². The molecular weight excluding hydrogens is 308 g/mol. The van der Waals surface area contributed by atoms with E-state index < -0.39 is 6.10 Å². The molecule has 1 atom stereocenters. The monoisotopic (exact) mass is 326 g/mol. The highest BCUT2D eigenvalue weighted by Gasteiger charge is 2.15. The summed E-state index contributed by atoms with van der Waals surface area (Å²) in [6.45, 7) is 2.83. The van der Waals surface area contributed by atoms with Crippen molar-refractivity contribution in [1.29, 1.82) is 0 Å². The highest BCUT2D eigenvalue weighted by atomic mass is 32.2. The fraction of sp³-hybridized carbons (Fsp3) is 0.235. The van der Waals surface area contributed by atoms with Gasteiger partial charge >= 0.3 is 0 Å². The van der Waals surface area contributed by atoms with Gasteiger partial charge in [0.15, 0.2) is 11.0 Å². The Hall–Kier alpha value is -2.18. The van der Waals surface area contributed by atoms with Crippen molar-refractivity contribution in [2.75, 3.05) is 5.75 Å². The molecule has 2 heterocycles. The number of hydrogen-bond acceptors (Lipinski definition) is 5. The molecule has 6 heteroatoms. The molecule has 1 N–H and O–H groups in total. The third-order valence-electron chi connectivity index (χ3n) is 3.53. The average Bonchev–Trinajstić information content (AvgIpc) is 3.04. The zero-order valence-electron chi connectivity index (χ0n) is 12.8. The minimum atomic E-state index is -0.521. The third-order valence-corrected chi connectivity index (χ3v) is 4.57. The van der Waals surface area contributed by atoms with E-state index >= 15 is 0 Å². The summed E-state index contributed by atoms with van der Waals surface area (Å²) in [5.41, 5.74) is 1.90. The largest absolute Gasteiger partial charge is 0.388 e. The number of hydrogen-bond donors (Lipinski definition) is 1. The molecule has 2 aromatic heterocycles. The van der Waals surface area contributed by atoms with Crippen LogP contribution in [0.2, 0.25) is 0 Å². The van der Waals surface area contributed by atoms with Gasteiger partial charge in [-0.3, -0.25) is 4.98 Å². The average molecular weight is 326 g/mol. The molecule has 118 valence electrons. The van der Waals surface area contributed by atoms with E-state index in [2.05, 4.69) is 26.7 Å². The Morgan fingerprint density at radius 3 is 2.52 bits per heavy atom. The van der Waals surface area contributed by atoms with Crippen LogP contribution in [-0.4, -0.2) is 30.6 Å². The molecule has 0 aliphatic carbocycles. The first-order valence-corrected chi connectivity index (χ1v) is 8.47. The lowest BCUT2D eigenvalue weighted by atomic mass is 10.1. The summed E-state index contributed by atoms with van der Waals surface area (Å²) >= 11 is 1.51. The molecule has 1 aromatic carbocycles. The van der Waals surface area contributed by atoms with E-state index in [4.69, 9.17) is 0 Å². The van der Waals surface area contributed by atoms with Gasteiger partial charge in [-0.05, 0) is 24.6 Å². The van der Waals surface area contributed by atoms with E-state index in [1.807, 2.05) is 42.5 Å². The Morgan fingerprint density at radius 2 is 1.83 bits per heavy atom. The molecule has 23 heavy (non-hydrogen) atoms. The number of benzene rings is 1. The minimum absolute atomic E-state index is 0.521. The van der Waals surface area contributed by atoms with Crippen LogP contribution in [0.5, 0.6) is 0 Å². The van der Waals surface area contributed by atoms with Gasteiger partial charge < -0.3 is 9.67 Å². The van der Waals surface area contributed by atoms with Gasteiger partial charge in [0.1, 0.15) is 0 Å². The van der Waals surface area contributed by atoms with Crippen LogP contribution in [-0.2, 0) is 6.54 Å². The molecule has 0 radical (unpaired) electrons. The van der Waals surface area contributed by atoms with Crippen LogP contribution < -0.4 is 0 Å². The van der Waals surface area contributed by atoms with Crippen LogP contribution in [0, 0.1) is 0 Å². The van der Waals surface area contributed by atoms with Crippen molar-refractivity contribution in [2.45, 2.75) is 24.7 Å². The maximum absolute atomic E-state index is 10.3. The van der Waals surface area contributed by atoms with Crippen molar-refractivity contribution in [3.63, 3.8) is 0 Å². The van der Waals surface area contributed by atoms with Gasteiger partial charge in [-0.15, -0.1) is 10.2 Å². The number of thioether (sulfide) groups is 1. The predicted molar refractivity (Wildman–Crippen MR) is 91.1 cm³/mol. The quantitative estimate of drug-likeness (QED) is 0.705. The van der Waals surface area contributed by atoms with E-state index in [-0.39, 0.29) is 0 Å². The molecule has 1 unspecified atom stereocenters. The normalized spacial score (nSPS) is 12.3. The molecule has 0 aliphatic heterocycles. The first kappa shape index (κ1) is 15.7. The van der Waals surface area contributed by atoms with Crippen molar-refractivity contribution >= 4 is 11.8 Å². The van der Waals surface area contributed by atoms with Crippen LogP contribution in [0.1, 0.15) is 18.6 Å². The molecule has 0 aliphatic rings. The number of aromatic nitrogens is 4. The zero-order chi connectivity index (χ0) is 16.1. The first-order valence-electron chi connectivity index (χ1n) is 7.49. The van der Waals surface area contributed by atoms with E-state index in [0.29, 0.717) is 5.75 Å². The number of pyridine rings is 1. The van der Waals surface area contributed by atoms with Gasteiger partial charge in [0.2, 0.25) is 0 Å². The second-order valence-corrected chi connectivity index (χ2v) is 6.01. The summed E-state index contributed by atoms with van der Waals surface area (Å²) < 4.78 is 2.05. The van der Waals surface area contributed by atoms with Crippen LogP contribution >= 0.6 is 11.8 Å². The Kier molecular flexibility index (Phi) is 5.05. The summed E-state index contributed by atoms with van der Waals surface area (Å²) in [5, 5.41) is 19.7. The molecule has 3 rings (SSSR count). The van der Waals surface area contributed by atoms with E-state index in [0.717, 1.165) is 28.7 Å². The van der Waals surface area contributed by atoms with Gasteiger partial charge in [0.25, 0.3) is 0 Å². The molecule has 0 spiro atoms. The molecule has 0 bridgehead atoms. The van der Waals surface area contributed by atoms with E-state index in [1.54, 1.807) is 12.4 Å². The van der Waals surface area contributed by atoms with Crippen molar-refractivity contribution in [2.24, 2.45) is 0 Å². The SMILES string of the molecule is CCn1c(SCC(O)c2ccccc2)nnc1-c1ccncc1. The van der Waals surface area contributed by atoms with Gasteiger partial charge in [-0.2, -0.15) is 0 Å². The molecule has 0 fully saturated rings. The summed E-state index contributed by atoms with van der Waals surface area (Å²) in [6.07, 6.45) is 2.97. The van der Waals surface area contributed by atoms with Crippen LogP contribution in [0.15, 0.2) is 60.0 Å². The van der Waals surface area contributed by atoms with Gasteiger partial charge in [0.05, 0.1) is 6.10 Å². The lowest BCUT2D eigenvalue weighted by Crippen LogP contribution is -2.04. The lowest BCUT2D eigenvalue weighted by Gasteiger charge is -2.11. The fourth-order valence-corrected chi connectivity index (χ4v) is 3.29. The number of aliphatic hydroxyl groups excluding tert-OH is 1. The first-order chi connectivity index (χ1) is 11.3. The molecule has 0 amide bonds. The predicted octanol–water partition coefficient (Wildman–Crippen LogP) is 3.19. The summed E-state index contributed by atoms with van der Waals surface area (Å²) in [6, 6.07) is 13.5. The second kappa shape index (κ2) is 7.39. The Morgan fingerprint density at radius 1 is 1.09 bits per heavy atom. The smallest absolute Gasteiger partial charge is 0.191 e. The minimum Gasteiger partial charge on any atom is -0.388 e. The topological polar surface area (TPSA) is 63.8 Å². The van der Waals surface area contributed by atoms with Crippen molar-refractivity contribution < 1.29 is 5.11 Å². The second-order valence-electron chi connectivity index (χ2n) is 5.02. The molecule has 0 saturated carbocycles. The van der Waals surface area contributed by atoms with Crippen molar-refractivity contribution in [1.82, 2.24) is 19.7 Å². The molecular formula is C17H18N4OS. The Balaban J connectivity index is 1.75. The number of rotatable bonds is 6. The van der Waals surface area contributed by atoms with Crippen LogP contribution in [0.3, 0.4) is 0 Å². The maximum Gasteiger partial charge on any atom is 0.191 e. The molecule has 3 aromatic rings. The van der Waals surface area contributed by atoms with E-state index in [9.17, 15) is 5.11 Å². The van der Waals surface area contributed by atoms with Gasteiger partial charge in [-0.1, -0.05) is 42.1 Å². The lowest BCUT2D eigenvalue weighted by molar-refractivity contribution is 0.204. The highest BCUT2D eigenvalue weighted by molar-refractivity contribution is 7.99. The Labute approximate surface area is 139 Å². The maximum atomic E-state index is 10.3. The van der Waals surface area contributed by atoms with Gasteiger partial charge in [-0.25, -0.2) is 0 Å². The zero-order valence-corrected chi connectivity index (χ0v) is 13.6. The number of nitrogens with zero attached hydrogens (tertiary/aromatic N) is 4. The van der Waals surface area contributed by atoms with E-state index in [1.165, 1.54) is 11.8 Å². The number of aliphatic hydroxyl groups is 1.